The van der Waals surface area contributed by atoms with E-state index in [2.05, 4.69) is 11.8 Å². The first-order valence-electron chi connectivity index (χ1n) is 8.74. The van der Waals surface area contributed by atoms with Crippen LogP contribution in [0, 0.1) is 11.7 Å². The van der Waals surface area contributed by atoms with Gasteiger partial charge in [-0.15, -0.1) is 0 Å². The molecule has 0 unspecified atom stereocenters. The fourth-order valence-electron chi connectivity index (χ4n) is 3.50. The summed E-state index contributed by atoms with van der Waals surface area (Å²) >= 11 is 0. The van der Waals surface area contributed by atoms with Crippen molar-refractivity contribution in [3.63, 3.8) is 0 Å². The summed E-state index contributed by atoms with van der Waals surface area (Å²) in [5.41, 5.74) is 1.26. The third-order valence-electron chi connectivity index (χ3n) is 4.63. The van der Waals surface area contributed by atoms with E-state index in [9.17, 15) is 4.39 Å². The van der Waals surface area contributed by atoms with E-state index < -0.39 is 0 Å². The van der Waals surface area contributed by atoms with Crippen molar-refractivity contribution in [1.82, 2.24) is 4.90 Å². The Kier molecular flexibility index (Phi) is 7.21. The van der Waals surface area contributed by atoms with Crippen LogP contribution in [-0.2, 0) is 6.42 Å². The van der Waals surface area contributed by atoms with Crippen LogP contribution in [0.2, 0.25) is 0 Å². The van der Waals surface area contributed by atoms with Gasteiger partial charge in [0.15, 0.2) is 0 Å². The molecule has 0 N–H and O–H groups in total. The molecule has 1 fully saturated rings. The molecule has 2 rings (SSSR count). The molecule has 0 saturated heterocycles. The molecule has 0 bridgehead atoms. The van der Waals surface area contributed by atoms with Crippen molar-refractivity contribution in [3.05, 3.63) is 35.6 Å². The Morgan fingerprint density at radius 2 is 1.76 bits per heavy atom. The average molecular weight is 291 g/mol. The Morgan fingerprint density at radius 3 is 2.43 bits per heavy atom. The maximum atomic E-state index is 12.9. The lowest BCUT2D eigenvalue weighted by atomic mass is 9.89. The van der Waals surface area contributed by atoms with Crippen molar-refractivity contribution in [2.75, 3.05) is 19.6 Å². The highest BCUT2D eigenvalue weighted by atomic mass is 19.1. The average Bonchev–Trinajstić information content (AvgIpc) is 2.50. The van der Waals surface area contributed by atoms with Gasteiger partial charge in [0.05, 0.1) is 0 Å². The van der Waals surface area contributed by atoms with E-state index in [1.165, 1.54) is 70.1 Å². The van der Waals surface area contributed by atoms with Crippen LogP contribution in [0.5, 0.6) is 0 Å². The second-order valence-electron chi connectivity index (χ2n) is 6.53. The Hall–Kier alpha value is -0.890. The maximum Gasteiger partial charge on any atom is 0.123 e. The van der Waals surface area contributed by atoms with E-state index in [4.69, 9.17) is 0 Å². The van der Waals surface area contributed by atoms with Crippen LogP contribution in [0.15, 0.2) is 24.3 Å². The van der Waals surface area contributed by atoms with E-state index in [-0.39, 0.29) is 5.82 Å². The number of benzene rings is 1. The zero-order valence-electron chi connectivity index (χ0n) is 13.5. The van der Waals surface area contributed by atoms with Crippen molar-refractivity contribution in [2.45, 2.75) is 58.3 Å². The number of hydrogen-bond acceptors (Lipinski definition) is 1. The minimum atomic E-state index is -0.136. The molecule has 0 aliphatic heterocycles. The molecule has 1 aromatic rings. The van der Waals surface area contributed by atoms with Gasteiger partial charge in [-0.2, -0.15) is 0 Å². The molecule has 1 nitrogen and oxygen atoms in total. The smallest absolute Gasteiger partial charge is 0.123 e. The molecule has 0 heterocycles. The van der Waals surface area contributed by atoms with Crippen molar-refractivity contribution in [1.29, 1.82) is 0 Å². The SMILES string of the molecule is CCCN(CCCc1ccc(F)cc1)CC1CCCCC1. The van der Waals surface area contributed by atoms with Crippen molar-refractivity contribution >= 4 is 0 Å². The molecule has 0 aromatic heterocycles. The van der Waals surface area contributed by atoms with Crippen molar-refractivity contribution < 1.29 is 4.39 Å². The van der Waals surface area contributed by atoms with Gasteiger partial charge >= 0.3 is 0 Å². The standard InChI is InChI=1S/C19H30FN/c1-2-14-21(16-18-7-4-3-5-8-18)15-6-9-17-10-12-19(20)13-11-17/h10-13,18H,2-9,14-16H2,1H3. The summed E-state index contributed by atoms with van der Waals surface area (Å²) in [5.74, 6) is 0.791. The summed E-state index contributed by atoms with van der Waals surface area (Å²) < 4.78 is 12.9. The Morgan fingerprint density at radius 1 is 1.05 bits per heavy atom. The zero-order valence-corrected chi connectivity index (χ0v) is 13.5. The first-order chi connectivity index (χ1) is 10.3. The van der Waals surface area contributed by atoms with Crippen LogP contribution < -0.4 is 0 Å². The first-order valence-corrected chi connectivity index (χ1v) is 8.74. The highest BCUT2D eigenvalue weighted by Crippen LogP contribution is 2.24. The van der Waals surface area contributed by atoms with Crippen molar-refractivity contribution in [3.8, 4) is 0 Å². The van der Waals surface area contributed by atoms with Gasteiger partial charge in [-0.3, -0.25) is 0 Å². The molecule has 0 radical (unpaired) electrons. The third-order valence-corrected chi connectivity index (χ3v) is 4.63. The van der Waals surface area contributed by atoms with E-state index >= 15 is 0 Å². The van der Waals surface area contributed by atoms with Gasteiger partial charge in [0.2, 0.25) is 0 Å². The van der Waals surface area contributed by atoms with Crippen LogP contribution in [0.1, 0.15) is 57.4 Å². The summed E-state index contributed by atoms with van der Waals surface area (Å²) in [6.07, 6.45) is 10.6. The number of aryl methyl sites for hydroxylation is 1. The first kappa shape index (κ1) is 16.5. The molecule has 1 aliphatic carbocycles. The molecule has 21 heavy (non-hydrogen) atoms. The topological polar surface area (TPSA) is 3.24 Å². The lowest BCUT2D eigenvalue weighted by molar-refractivity contribution is 0.199. The van der Waals surface area contributed by atoms with Gasteiger partial charge in [0, 0.05) is 6.54 Å². The summed E-state index contributed by atoms with van der Waals surface area (Å²) in [7, 11) is 0. The second kappa shape index (κ2) is 9.19. The van der Waals surface area contributed by atoms with E-state index in [1.807, 2.05) is 12.1 Å². The molecular weight excluding hydrogens is 261 g/mol. The summed E-state index contributed by atoms with van der Waals surface area (Å²) in [4.78, 5) is 2.65. The summed E-state index contributed by atoms with van der Waals surface area (Å²) in [5, 5.41) is 0. The highest BCUT2D eigenvalue weighted by Gasteiger charge is 2.16. The molecule has 1 aliphatic rings. The number of halogens is 1. The molecule has 0 spiro atoms. The quantitative estimate of drug-likeness (QED) is 0.648. The second-order valence-corrected chi connectivity index (χ2v) is 6.53. The van der Waals surface area contributed by atoms with Gasteiger partial charge in [0.25, 0.3) is 0 Å². The van der Waals surface area contributed by atoms with Gasteiger partial charge in [-0.25, -0.2) is 4.39 Å². The predicted molar refractivity (Wildman–Crippen MR) is 88.0 cm³/mol. The molecule has 118 valence electrons. The highest BCUT2D eigenvalue weighted by molar-refractivity contribution is 5.15. The van der Waals surface area contributed by atoms with E-state index in [0.29, 0.717) is 0 Å². The van der Waals surface area contributed by atoms with Gasteiger partial charge in [-0.05, 0) is 68.8 Å². The van der Waals surface area contributed by atoms with Crippen LogP contribution in [-0.4, -0.2) is 24.5 Å². The maximum absolute atomic E-state index is 12.9. The largest absolute Gasteiger partial charge is 0.303 e. The van der Waals surface area contributed by atoms with Crippen LogP contribution >= 0.6 is 0 Å². The lowest BCUT2D eigenvalue weighted by Gasteiger charge is -2.29. The minimum Gasteiger partial charge on any atom is -0.303 e. The van der Waals surface area contributed by atoms with E-state index in [1.54, 1.807) is 12.1 Å². The van der Waals surface area contributed by atoms with Crippen LogP contribution in [0.3, 0.4) is 0 Å². The number of nitrogens with zero attached hydrogens (tertiary/aromatic N) is 1. The summed E-state index contributed by atoms with van der Waals surface area (Å²) in [6.45, 7) is 5.97. The minimum absolute atomic E-state index is 0.136. The van der Waals surface area contributed by atoms with Gasteiger partial charge in [-0.1, -0.05) is 38.3 Å². The Bertz CT molecular complexity index is 381. The lowest BCUT2D eigenvalue weighted by Crippen LogP contribution is -2.32. The third kappa shape index (κ3) is 6.17. The zero-order chi connectivity index (χ0) is 14.9. The molecule has 1 saturated carbocycles. The normalized spacial score (nSPS) is 16.5. The Labute approximate surface area is 129 Å². The molecule has 1 aromatic carbocycles. The molecule has 0 amide bonds. The fourth-order valence-corrected chi connectivity index (χ4v) is 3.50. The van der Waals surface area contributed by atoms with Gasteiger partial charge < -0.3 is 4.90 Å². The molecule has 2 heteroatoms. The molecular formula is C19H30FN. The monoisotopic (exact) mass is 291 g/mol. The predicted octanol–water partition coefficient (Wildman–Crippen LogP) is 5.05. The fraction of sp³-hybridized carbons (Fsp3) is 0.684. The number of hydrogen-bond donors (Lipinski definition) is 0. The van der Waals surface area contributed by atoms with Crippen molar-refractivity contribution in [2.24, 2.45) is 5.92 Å². The van der Waals surface area contributed by atoms with E-state index in [0.717, 1.165) is 12.3 Å². The summed E-state index contributed by atoms with van der Waals surface area (Å²) in [6, 6.07) is 6.98. The van der Waals surface area contributed by atoms with Crippen LogP contribution in [0.4, 0.5) is 4.39 Å². The molecule has 0 atom stereocenters. The van der Waals surface area contributed by atoms with Gasteiger partial charge in [0.1, 0.15) is 5.82 Å². The van der Waals surface area contributed by atoms with Crippen LogP contribution in [0.25, 0.3) is 0 Å². The Balaban J connectivity index is 1.72. The number of rotatable bonds is 8.